The van der Waals surface area contributed by atoms with Gasteiger partial charge in [0.2, 0.25) is 5.91 Å². The van der Waals surface area contributed by atoms with Gasteiger partial charge in [0.05, 0.1) is 0 Å². The van der Waals surface area contributed by atoms with Crippen LogP contribution in [0.1, 0.15) is 24.5 Å². The number of carbonyl (C=O) groups is 1. The summed E-state index contributed by atoms with van der Waals surface area (Å²) in [4.78, 5) is 11.6. The molecule has 0 aliphatic heterocycles. The summed E-state index contributed by atoms with van der Waals surface area (Å²) in [7, 11) is 0. The predicted molar refractivity (Wildman–Crippen MR) is 77.2 cm³/mol. The second kappa shape index (κ2) is 7.34. The van der Waals surface area contributed by atoms with Gasteiger partial charge in [-0.1, -0.05) is 28.1 Å². The summed E-state index contributed by atoms with van der Waals surface area (Å²) in [5, 5.41) is 11.5. The van der Waals surface area contributed by atoms with Crippen molar-refractivity contribution in [2.24, 2.45) is 0 Å². The quantitative estimate of drug-likeness (QED) is 0.821. The number of aliphatic hydroxyl groups excluding tert-OH is 1. The van der Waals surface area contributed by atoms with Crippen LogP contribution in [0, 0.1) is 6.92 Å². The fourth-order valence-corrected chi connectivity index (χ4v) is 2.11. The largest absolute Gasteiger partial charge is 0.396 e. The molecule has 3 nitrogen and oxygen atoms in total. The van der Waals surface area contributed by atoms with E-state index in [2.05, 4.69) is 21.2 Å². The summed E-state index contributed by atoms with van der Waals surface area (Å²) in [6.07, 6.45) is 3.83. The average molecular weight is 312 g/mol. The van der Waals surface area contributed by atoms with Crippen LogP contribution in [-0.2, 0) is 4.79 Å². The van der Waals surface area contributed by atoms with Gasteiger partial charge in [0.1, 0.15) is 0 Å². The Morgan fingerprint density at radius 1 is 1.56 bits per heavy atom. The number of nitrogens with one attached hydrogen (secondary N) is 1. The lowest BCUT2D eigenvalue weighted by Crippen LogP contribution is -2.31. The number of carbonyl (C=O) groups excluding carboxylic acids is 1. The molecule has 0 heterocycles. The number of rotatable bonds is 5. The highest BCUT2D eigenvalue weighted by Crippen LogP contribution is 2.19. The van der Waals surface area contributed by atoms with Crippen molar-refractivity contribution in [1.29, 1.82) is 0 Å². The molecular formula is C14H18BrNO2. The zero-order valence-corrected chi connectivity index (χ0v) is 12.2. The van der Waals surface area contributed by atoms with Crippen molar-refractivity contribution in [3.8, 4) is 0 Å². The van der Waals surface area contributed by atoms with Crippen molar-refractivity contribution in [3.05, 3.63) is 39.9 Å². The van der Waals surface area contributed by atoms with Gasteiger partial charge in [0, 0.05) is 23.2 Å². The van der Waals surface area contributed by atoms with Crippen LogP contribution in [0.15, 0.2) is 28.7 Å². The van der Waals surface area contributed by atoms with Gasteiger partial charge in [-0.2, -0.15) is 0 Å². The average Bonchev–Trinajstić information content (AvgIpc) is 2.28. The van der Waals surface area contributed by atoms with Gasteiger partial charge in [-0.25, -0.2) is 0 Å². The standard InChI is InChI=1S/C14H18BrNO2/c1-10-3-4-12(13(15)9-10)5-6-14(18)16-11(2)7-8-17/h3-6,9,11,17H,7-8H2,1-2H3,(H,16,18)/b6-5+. The van der Waals surface area contributed by atoms with Crippen LogP contribution in [0.5, 0.6) is 0 Å². The fourth-order valence-electron chi connectivity index (χ4n) is 1.49. The Balaban J connectivity index is 2.60. The first-order chi connectivity index (χ1) is 8.52. The van der Waals surface area contributed by atoms with E-state index in [0.717, 1.165) is 10.0 Å². The lowest BCUT2D eigenvalue weighted by atomic mass is 10.1. The lowest BCUT2D eigenvalue weighted by molar-refractivity contribution is -0.117. The van der Waals surface area contributed by atoms with E-state index in [0.29, 0.717) is 6.42 Å². The van der Waals surface area contributed by atoms with Crippen molar-refractivity contribution in [3.63, 3.8) is 0 Å². The van der Waals surface area contributed by atoms with Gasteiger partial charge >= 0.3 is 0 Å². The van der Waals surface area contributed by atoms with E-state index in [1.807, 2.05) is 32.0 Å². The molecule has 1 rings (SSSR count). The number of amides is 1. The third-order valence-corrected chi connectivity index (χ3v) is 3.21. The number of benzene rings is 1. The number of hydrogen-bond acceptors (Lipinski definition) is 2. The van der Waals surface area contributed by atoms with Crippen LogP contribution in [0.2, 0.25) is 0 Å². The van der Waals surface area contributed by atoms with E-state index in [1.165, 1.54) is 11.6 Å². The first kappa shape index (κ1) is 14.9. The third kappa shape index (κ3) is 5.02. The molecule has 1 atom stereocenters. The second-order valence-electron chi connectivity index (χ2n) is 4.28. The summed E-state index contributed by atoms with van der Waals surface area (Å²) in [6.45, 7) is 3.96. The van der Waals surface area contributed by atoms with Crippen LogP contribution in [0.3, 0.4) is 0 Å². The molecule has 0 spiro atoms. The topological polar surface area (TPSA) is 49.3 Å². The van der Waals surface area contributed by atoms with Crippen LogP contribution >= 0.6 is 15.9 Å². The van der Waals surface area contributed by atoms with Gasteiger partial charge in [0.25, 0.3) is 0 Å². The number of halogens is 1. The Morgan fingerprint density at radius 2 is 2.28 bits per heavy atom. The van der Waals surface area contributed by atoms with E-state index < -0.39 is 0 Å². The van der Waals surface area contributed by atoms with Crippen molar-refractivity contribution in [2.45, 2.75) is 26.3 Å². The summed E-state index contributed by atoms with van der Waals surface area (Å²) in [5.74, 6) is -0.150. The molecule has 0 aliphatic carbocycles. The zero-order valence-electron chi connectivity index (χ0n) is 10.6. The van der Waals surface area contributed by atoms with Crippen LogP contribution in [0.4, 0.5) is 0 Å². The molecule has 98 valence electrons. The molecule has 0 saturated heterocycles. The molecule has 0 radical (unpaired) electrons. The fraction of sp³-hybridized carbons (Fsp3) is 0.357. The first-order valence-electron chi connectivity index (χ1n) is 5.88. The zero-order chi connectivity index (χ0) is 13.5. The second-order valence-corrected chi connectivity index (χ2v) is 5.13. The number of hydrogen-bond donors (Lipinski definition) is 2. The molecule has 1 aromatic rings. The molecule has 1 unspecified atom stereocenters. The van der Waals surface area contributed by atoms with E-state index in [4.69, 9.17) is 5.11 Å². The Morgan fingerprint density at radius 3 is 2.89 bits per heavy atom. The summed E-state index contributed by atoms with van der Waals surface area (Å²) >= 11 is 3.46. The minimum Gasteiger partial charge on any atom is -0.396 e. The number of aryl methyl sites for hydroxylation is 1. The maximum absolute atomic E-state index is 11.6. The van der Waals surface area contributed by atoms with Crippen LogP contribution < -0.4 is 5.32 Å². The molecule has 4 heteroatoms. The highest BCUT2D eigenvalue weighted by Gasteiger charge is 2.03. The minimum absolute atomic E-state index is 0.0198. The predicted octanol–water partition coefficient (Wildman–Crippen LogP) is 2.66. The molecule has 2 N–H and O–H groups in total. The molecule has 18 heavy (non-hydrogen) atoms. The Kier molecular flexibility index (Phi) is 6.09. The SMILES string of the molecule is Cc1ccc(/C=C/C(=O)NC(C)CCO)c(Br)c1. The molecule has 0 bridgehead atoms. The van der Waals surface area contributed by atoms with Crippen molar-refractivity contribution in [2.75, 3.05) is 6.61 Å². The van der Waals surface area contributed by atoms with Gasteiger partial charge in [-0.05, 0) is 43.5 Å². The van der Waals surface area contributed by atoms with Gasteiger partial charge in [-0.15, -0.1) is 0 Å². The lowest BCUT2D eigenvalue weighted by Gasteiger charge is -2.10. The maximum atomic E-state index is 11.6. The van der Waals surface area contributed by atoms with Crippen LogP contribution in [-0.4, -0.2) is 23.7 Å². The Hall–Kier alpha value is -1.13. The summed E-state index contributed by atoms with van der Waals surface area (Å²) < 4.78 is 0.968. The molecule has 0 aliphatic rings. The molecular weight excluding hydrogens is 294 g/mol. The van der Waals surface area contributed by atoms with Crippen molar-refractivity contribution in [1.82, 2.24) is 5.32 Å². The van der Waals surface area contributed by atoms with Crippen molar-refractivity contribution >= 4 is 27.9 Å². The minimum atomic E-state index is -0.150. The summed E-state index contributed by atoms with van der Waals surface area (Å²) in [6, 6.07) is 5.94. The molecule has 1 aromatic carbocycles. The Labute approximate surface area is 116 Å². The van der Waals surface area contributed by atoms with E-state index in [9.17, 15) is 4.79 Å². The van der Waals surface area contributed by atoms with Crippen molar-refractivity contribution < 1.29 is 9.90 Å². The molecule has 0 saturated carbocycles. The maximum Gasteiger partial charge on any atom is 0.244 e. The Bertz CT molecular complexity index is 443. The molecule has 0 fully saturated rings. The number of aliphatic hydroxyl groups is 1. The summed E-state index contributed by atoms with van der Waals surface area (Å²) in [5.41, 5.74) is 2.13. The van der Waals surface area contributed by atoms with Gasteiger partial charge in [0.15, 0.2) is 0 Å². The first-order valence-corrected chi connectivity index (χ1v) is 6.68. The van der Waals surface area contributed by atoms with Gasteiger partial charge < -0.3 is 10.4 Å². The normalized spacial score (nSPS) is 12.7. The highest BCUT2D eigenvalue weighted by molar-refractivity contribution is 9.10. The van der Waals surface area contributed by atoms with E-state index in [1.54, 1.807) is 6.08 Å². The molecule has 1 amide bonds. The monoisotopic (exact) mass is 311 g/mol. The van der Waals surface area contributed by atoms with E-state index in [-0.39, 0.29) is 18.6 Å². The highest BCUT2D eigenvalue weighted by atomic mass is 79.9. The third-order valence-electron chi connectivity index (χ3n) is 2.52. The molecule has 0 aromatic heterocycles. The van der Waals surface area contributed by atoms with E-state index >= 15 is 0 Å². The van der Waals surface area contributed by atoms with Crippen LogP contribution in [0.25, 0.3) is 6.08 Å². The van der Waals surface area contributed by atoms with Gasteiger partial charge in [-0.3, -0.25) is 4.79 Å². The smallest absolute Gasteiger partial charge is 0.244 e.